The van der Waals surface area contributed by atoms with Crippen LogP contribution in [0.15, 0.2) is 0 Å². The summed E-state index contributed by atoms with van der Waals surface area (Å²) in [5.74, 6) is 0.412. The first kappa shape index (κ1) is 14.0. The van der Waals surface area contributed by atoms with Crippen LogP contribution in [0.1, 0.15) is 31.7 Å². The predicted octanol–water partition coefficient (Wildman–Crippen LogP) is 1.89. The van der Waals surface area contributed by atoms with Crippen LogP contribution in [0.4, 0.5) is 13.2 Å². The van der Waals surface area contributed by atoms with Crippen molar-refractivity contribution in [3.63, 3.8) is 0 Å². The van der Waals surface area contributed by atoms with E-state index >= 15 is 0 Å². The summed E-state index contributed by atoms with van der Waals surface area (Å²) >= 11 is 0. The zero-order valence-electron chi connectivity index (χ0n) is 9.96. The minimum Gasteiger partial charge on any atom is -0.325 e. The van der Waals surface area contributed by atoms with Crippen LogP contribution < -0.4 is 5.73 Å². The standard InChI is InChI=1S/C10H17F3N4/c1-7(2)3-4-9-8(5-14)15-16-17(9)6-10(11,12)13/h7H,3-6,14H2,1-2H3. The topological polar surface area (TPSA) is 56.7 Å². The Labute approximate surface area is 98.0 Å². The van der Waals surface area contributed by atoms with Crippen molar-refractivity contribution in [1.29, 1.82) is 0 Å². The number of nitrogens with zero attached hydrogens (tertiary/aromatic N) is 3. The number of hydrogen-bond acceptors (Lipinski definition) is 3. The van der Waals surface area contributed by atoms with Crippen molar-refractivity contribution in [3.05, 3.63) is 11.4 Å². The van der Waals surface area contributed by atoms with Crippen molar-refractivity contribution in [3.8, 4) is 0 Å². The third kappa shape index (κ3) is 4.33. The third-order valence-electron chi connectivity index (χ3n) is 2.40. The van der Waals surface area contributed by atoms with Crippen molar-refractivity contribution in [1.82, 2.24) is 15.0 Å². The Kier molecular flexibility index (Phi) is 4.50. The highest BCUT2D eigenvalue weighted by atomic mass is 19.4. The molecule has 17 heavy (non-hydrogen) atoms. The molecule has 7 heteroatoms. The van der Waals surface area contributed by atoms with E-state index in [2.05, 4.69) is 10.3 Å². The van der Waals surface area contributed by atoms with Crippen LogP contribution in [0.3, 0.4) is 0 Å². The minimum atomic E-state index is -4.29. The lowest BCUT2D eigenvalue weighted by Crippen LogP contribution is -2.21. The fraction of sp³-hybridized carbons (Fsp3) is 0.800. The Morgan fingerprint density at radius 1 is 1.35 bits per heavy atom. The molecular formula is C10H17F3N4. The first-order chi connectivity index (χ1) is 7.83. The van der Waals surface area contributed by atoms with Crippen molar-refractivity contribution >= 4 is 0 Å². The molecule has 0 amide bonds. The maximum Gasteiger partial charge on any atom is 0.408 e. The Morgan fingerprint density at radius 2 is 2.00 bits per heavy atom. The van der Waals surface area contributed by atoms with E-state index in [-0.39, 0.29) is 6.54 Å². The summed E-state index contributed by atoms with van der Waals surface area (Å²) in [4.78, 5) is 0. The Morgan fingerprint density at radius 3 is 2.47 bits per heavy atom. The first-order valence-corrected chi connectivity index (χ1v) is 5.51. The van der Waals surface area contributed by atoms with E-state index in [4.69, 9.17) is 5.73 Å². The molecule has 0 unspecified atom stereocenters. The zero-order valence-corrected chi connectivity index (χ0v) is 9.96. The number of alkyl halides is 3. The molecule has 0 spiro atoms. The van der Waals surface area contributed by atoms with Crippen LogP contribution in [0.5, 0.6) is 0 Å². The maximum atomic E-state index is 12.3. The van der Waals surface area contributed by atoms with Gasteiger partial charge in [-0.1, -0.05) is 19.1 Å². The maximum absolute atomic E-state index is 12.3. The van der Waals surface area contributed by atoms with Gasteiger partial charge in [0, 0.05) is 6.54 Å². The molecule has 4 nitrogen and oxygen atoms in total. The summed E-state index contributed by atoms with van der Waals surface area (Å²) in [6.45, 7) is 3.04. The Hall–Kier alpha value is -1.11. The number of aromatic nitrogens is 3. The van der Waals surface area contributed by atoms with Gasteiger partial charge in [-0.05, 0) is 18.8 Å². The SMILES string of the molecule is CC(C)CCc1c(CN)nnn1CC(F)(F)F. The summed E-state index contributed by atoms with van der Waals surface area (Å²) in [5, 5.41) is 7.20. The van der Waals surface area contributed by atoms with Gasteiger partial charge in [0.05, 0.1) is 11.4 Å². The average molecular weight is 250 g/mol. The summed E-state index contributed by atoms with van der Waals surface area (Å²) in [6, 6.07) is 0. The van der Waals surface area contributed by atoms with E-state index < -0.39 is 12.7 Å². The Bertz CT molecular complexity index is 357. The molecule has 1 rings (SSSR count). The molecule has 0 atom stereocenters. The molecule has 1 aromatic heterocycles. The van der Waals surface area contributed by atoms with Crippen LogP contribution in [0.25, 0.3) is 0 Å². The van der Waals surface area contributed by atoms with Gasteiger partial charge < -0.3 is 5.73 Å². The van der Waals surface area contributed by atoms with E-state index in [0.29, 0.717) is 23.7 Å². The molecule has 1 aromatic rings. The van der Waals surface area contributed by atoms with Crippen LogP contribution >= 0.6 is 0 Å². The van der Waals surface area contributed by atoms with E-state index in [1.807, 2.05) is 13.8 Å². The molecule has 0 radical (unpaired) electrons. The molecule has 0 aliphatic heterocycles. The highest BCUT2D eigenvalue weighted by Crippen LogP contribution is 2.20. The van der Waals surface area contributed by atoms with Gasteiger partial charge in [-0.15, -0.1) is 5.10 Å². The third-order valence-corrected chi connectivity index (χ3v) is 2.40. The normalized spacial score (nSPS) is 12.4. The van der Waals surface area contributed by atoms with Crippen molar-refractivity contribution in [2.45, 2.75) is 46.0 Å². The summed E-state index contributed by atoms with van der Waals surface area (Å²) < 4.78 is 37.8. The lowest BCUT2D eigenvalue weighted by Gasteiger charge is -2.11. The summed E-state index contributed by atoms with van der Waals surface area (Å²) in [5.41, 5.74) is 6.39. The molecule has 0 aromatic carbocycles. The molecule has 2 N–H and O–H groups in total. The second-order valence-electron chi connectivity index (χ2n) is 4.39. The van der Waals surface area contributed by atoms with Gasteiger partial charge in [0.15, 0.2) is 0 Å². The van der Waals surface area contributed by atoms with Crippen LogP contribution in [-0.2, 0) is 19.5 Å². The van der Waals surface area contributed by atoms with Gasteiger partial charge >= 0.3 is 6.18 Å². The number of nitrogens with two attached hydrogens (primary N) is 1. The van der Waals surface area contributed by atoms with Crippen LogP contribution in [0, 0.1) is 5.92 Å². The van der Waals surface area contributed by atoms with Crippen LogP contribution in [-0.4, -0.2) is 21.2 Å². The second kappa shape index (κ2) is 5.48. The van der Waals surface area contributed by atoms with E-state index in [1.54, 1.807) is 0 Å². The summed E-state index contributed by atoms with van der Waals surface area (Å²) in [7, 11) is 0. The molecule has 0 saturated carbocycles. The van der Waals surface area contributed by atoms with Gasteiger partial charge in [0.25, 0.3) is 0 Å². The second-order valence-corrected chi connectivity index (χ2v) is 4.39. The molecule has 0 bridgehead atoms. The average Bonchev–Trinajstić information content (AvgIpc) is 2.54. The van der Waals surface area contributed by atoms with E-state index in [0.717, 1.165) is 11.1 Å². The highest BCUT2D eigenvalue weighted by Gasteiger charge is 2.30. The largest absolute Gasteiger partial charge is 0.408 e. The molecule has 0 saturated heterocycles. The van der Waals surface area contributed by atoms with Crippen molar-refractivity contribution in [2.75, 3.05) is 0 Å². The molecule has 0 aliphatic carbocycles. The number of halogens is 3. The van der Waals surface area contributed by atoms with Crippen molar-refractivity contribution < 1.29 is 13.2 Å². The number of hydrogen-bond donors (Lipinski definition) is 1. The molecule has 0 fully saturated rings. The minimum absolute atomic E-state index is 0.116. The monoisotopic (exact) mass is 250 g/mol. The first-order valence-electron chi connectivity index (χ1n) is 5.51. The number of rotatable bonds is 5. The lowest BCUT2D eigenvalue weighted by atomic mass is 10.1. The van der Waals surface area contributed by atoms with Gasteiger partial charge in [0.2, 0.25) is 0 Å². The smallest absolute Gasteiger partial charge is 0.325 e. The van der Waals surface area contributed by atoms with Gasteiger partial charge in [-0.2, -0.15) is 13.2 Å². The quantitative estimate of drug-likeness (QED) is 0.868. The fourth-order valence-electron chi connectivity index (χ4n) is 1.52. The molecule has 1 heterocycles. The lowest BCUT2D eigenvalue weighted by molar-refractivity contribution is -0.143. The molecular weight excluding hydrogens is 233 g/mol. The Balaban J connectivity index is 2.85. The van der Waals surface area contributed by atoms with Gasteiger partial charge in [-0.3, -0.25) is 0 Å². The predicted molar refractivity (Wildman–Crippen MR) is 57.1 cm³/mol. The zero-order chi connectivity index (χ0) is 13.1. The van der Waals surface area contributed by atoms with E-state index in [1.165, 1.54) is 0 Å². The van der Waals surface area contributed by atoms with E-state index in [9.17, 15) is 13.2 Å². The van der Waals surface area contributed by atoms with Crippen LogP contribution in [0.2, 0.25) is 0 Å². The van der Waals surface area contributed by atoms with Gasteiger partial charge in [0.1, 0.15) is 6.54 Å². The van der Waals surface area contributed by atoms with Gasteiger partial charge in [-0.25, -0.2) is 4.68 Å². The summed E-state index contributed by atoms with van der Waals surface area (Å²) in [6.07, 6.45) is -2.97. The molecule has 0 aliphatic rings. The molecule has 98 valence electrons. The highest BCUT2D eigenvalue weighted by molar-refractivity contribution is 5.10. The fourth-order valence-corrected chi connectivity index (χ4v) is 1.52. The van der Waals surface area contributed by atoms with Crippen molar-refractivity contribution in [2.24, 2.45) is 11.7 Å².